The van der Waals surface area contributed by atoms with E-state index in [1.807, 2.05) is 0 Å². The molecule has 0 aromatic heterocycles. The van der Waals surface area contributed by atoms with Crippen molar-refractivity contribution in [3.8, 4) is 5.75 Å². The van der Waals surface area contributed by atoms with Gasteiger partial charge in [0.1, 0.15) is 5.75 Å². The number of halogens is 2. The molecule has 0 atom stereocenters. The standard InChI is InChI=1S/C9H8Br2O2/c1-5-6(8(13)4-10)2-3-7(12)9(5)11/h2-3,12H,4H2,1H3. The highest BCUT2D eigenvalue weighted by Gasteiger charge is 2.11. The molecule has 13 heavy (non-hydrogen) atoms. The molecular formula is C9H8Br2O2. The van der Waals surface area contributed by atoms with Gasteiger partial charge in [-0.2, -0.15) is 0 Å². The van der Waals surface area contributed by atoms with Crippen molar-refractivity contribution >= 4 is 37.6 Å². The lowest BCUT2D eigenvalue weighted by Crippen LogP contribution is -2.02. The second-order valence-electron chi connectivity index (χ2n) is 2.63. The number of carbonyl (C=O) groups is 1. The van der Waals surface area contributed by atoms with E-state index in [-0.39, 0.29) is 11.5 Å². The van der Waals surface area contributed by atoms with Crippen molar-refractivity contribution in [2.24, 2.45) is 0 Å². The van der Waals surface area contributed by atoms with Crippen LogP contribution in [0.3, 0.4) is 0 Å². The molecule has 0 fully saturated rings. The van der Waals surface area contributed by atoms with Gasteiger partial charge in [-0.15, -0.1) is 0 Å². The Morgan fingerprint density at radius 2 is 2.15 bits per heavy atom. The molecule has 70 valence electrons. The normalized spacial score (nSPS) is 10.1. The van der Waals surface area contributed by atoms with Crippen LogP contribution in [0.4, 0.5) is 0 Å². The van der Waals surface area contributed by atoms with Crippen LogP contribution in [-0.4, -0.2) is 16.2 Å². The monoisotopic (exact) mass is 306 g/mol. The van der Waals surface area contributed by atoms with E-state index in [4.69, 9.17) is 0 Å². The van der Waals surface area contributed by atoms with Crippen molar-refractivity contribution in [3.05, 3.63) is 27.7 Å². The van der Waals surface area contributed by atoms with Gasteiger partial charge in [-0.3, -0.25) is 4.79 Å². The molecule has 0 aliphatic carbocycles. The van der Waals surface area contributed by atoms with Crippen molar-refractivity contribution in [2.45, 2.75) is 6.92 Å². The third-order valence-electron chi connectivity index (χ3n) is 1.79. The number of ketones is 1. The molecule has 0 aliphatic rings. The Balaban J connectivity index is 3.26. The van der Waals surface area contributed by atoms with Crippen LogP contribution in [0, 0.1) is 6.92 Å². The van der Waals surface area contributed by atoms with Crippen LogP contribution in [0.15, 0.2) is 16.6 Å². The van der Waals surface area contributed by atoms with Gasteiger partial charge in [0.2, 0.25) is 0 Å². The summed E-state index contributed by atoms with van der Waals surface area (Å²) in [4.78, 5) is 11.3. The quantitative estimate of drug-likeness (QED) is 0.673. The van der Waals surface area contributed by atoms with Gasteiger partial charge in [0, 0.05) is 5.56 Å². The predicted octanol–water partition coefficient (Wildman–Crippen LogP) is 3.04. The first-order chi connectivity index (χ1) is 6.07. The molecule has 1 aromatic rings. The molecule has 1 aromatic carbocycles. The van der Waals surface area contributed by atoms with E-state index in [9.17, 15) is 9.90 Å². The maximum Gasteiger partial charge on any atom is 0.173 e. The first-order valence-electron chi connectivity index (χ1n) is 3.65. The molecular weight excluding hydrogens is 300 g/mol. The molecule has 0 unspecified atom stereocenters. The summed E-state index contributed by atoms with van der Waals surface area (Å²) in [6.07, 6.45) is 0. The van der Waals surface area contributed by atoms with Crippen molar-refractivity contribution in [2.75, 3.05) is 5.33 Å². The molecule has 0 saturated carbocycles. The van der Waals surface area contributed by atoms with E-state index in [0.717, 1.165) is 5.56 Å². The summed E-state index contributed by atoms with van der Waals surface area (Å²) >= 11 is 6.31. The summed E-state index contributed by atoms with van der Waals surface area (Å²) in [5, 5.41) is 9.61. The number of alkyl halides is 1. The molecule has 1 N–H and O–H groups in total. The molecule has 0 saturated heterocycles. The second-order valence-corrected chi connectivity index (χ2v) is 3.98. The number of rotatable bonds is 2. The largest absolute Gasteiger partial charge is 0.507 e. The SMILES string of the molecule is Cc1c(C(=O)CBr)ccc(O)c1Br. The van der Waals surface area contributed by atoms with E-state index in [2.05, 4.69) is 31.9 Å². The lowest BCUT2D eigenvalue weighted by atomic mass is 10.1. The van der Waals surface area contributed by atoms with Gasteiger partial charge < -0.3 is 5.11 Å². The van der Waals surface area contributed by atoms with E-state index >= 15 is 0 Å². The molecule has 0 amide bonds. The molecule has 0 heterocycles. The maximum absolute atomic E-state index is 11.3. The average molecular weight is 308 g/mol. The van der Waals surface area contributed by atoms with E-state index in [1.54, 1.807) is 13.0 Å². The van der Waals surface area contributed by atoms with E-state index in [1.165, 1.54) is 6.07 Å². The van der Waals surface area contributed by atoms with Crippen LogP contribution in [0.25, 0.3) is 0 Å². The van der Waals surface area contributed by atoms with Crippen molar-refractivity contribution < 1.29 is 9.90 Å². The highest BCUT2D eigenvalue weighted by molar-refractivity contribution is 9.10. The zero-order valence-electron chi connectivity index (χ0n) is 6.97. The molecule has 2 nitrogen and oxygen atoms in total. The summed E-state index contributed by atoms with van der Waals surface area (Å²) in [6.45, 7) is 1.79. The molecule has 0 spiro atoms. The van der Waals surface area contributed by atoms with Crippen molar-refractivity contribution in [1.29, 1.82) is 0 Å². The Morgan fingerprint density at radius 3 is 2.69 bits per heavy atom. The van der Waals surface area contributed by atoms with Crippen LogP contribution in [0.1, 0.15) is 15.9 Å². The number of benzene rings is 1. The summed E-state index contributed by atoms with van der Waals surface area (Å²) < 4.78 is 0.583. The first kappa shape index (κ1) is 10.7. The van der Waals surface area contributed by atoms with Crippen LogP contribution in [0.2, 0.25) is 0 Å². The Hall–Kier alpha value is -0.350. The number of phenolic OH excluding ortho intramolecular Hbond substituents is 1. The molecule has 4 heteroatoms. The number of aromatic hydroxyl groups is 1. The second kappa shape index (κ2) is 4.24. The summed E-state index contributed by atoms with van der Waals surface area (Å²) in [5.74, 6) is 0.168. The van der Waals surface area contributed by atoms with Gasteiger partial charge in [-0.1, -0.05) is 15.9 Å². The lowest BCUT2D eigenvalue weighted by molar-refractivity contribution is 0.102. The number of hydrogen-bond donors (Lipinski definition) is 1. The minimum absolute atomic E-state index is 0.0122. The Kier molecular flexibility index (Phi) is 3.50. The van der Waals surface area contributed by atoms with Crippen molar-refractivity contribution in [3.63, 3.8) is 0 Å². The topological polar surface area (TPSA) is 37.3 Å². The predicted molar refractivity (Wildman–Crippen MR) is 58.7 cm³/mol. The Morgan fingerprint density at radius 1 is 1.54 bits per heavy atom. The van der Waals surface area contributed by atoms with Gasteiger partial charge in [-0.05, 0) is 40.5 Å². The number of phenols is 1. The highest BCUT2D eigenvalue weighted by atomic mass is 79.9. The van der Waals surface area contributed by atoms with Crippen LogP contribution < -0.4 is 0 Å². The van der Waals surface area contributed by atoms with Gasteiger partial charge in [0.05, 0.1) is 9.80 Å². The molecule has 1 rings (SSSR count). The minimum Gasteiger partial charge on any atom is -0.507 e. The zero-order valence-corrected chi connectivity index (χ0v) is 10.1. The van der Waals surface area contributed by atoms with Gasteiger partial charge >= 0.3 is 0 Å². The van der Waals surface area contributed by atoms with E-state index < -0.39 is 0 Å². The fourth-order valence-corrected chi connectivity index (χ4v) is 1.69. The Bertz CT molecular complexity index is 348. The smallest absolute Gasteiger partial charge is 0.173 e. The van der Waals surface area contributed by atoms with Crippen LogP contribution in [0.5, 0.6) is 5.75 Å². The van der Waals surface area contributed by atoms with Crippen LogP contribution in [-0.2, 0) is 0 Å². The third-order valence-corrected chi connectivity index (χ3v) is 3.30. The Labute approximate surface area is 93.2 Å². The number of hydrogen-bond acceptors (Lipinski definition) is 2. The minimum atomic E-state index is 0.0122. The maximum atomic E-state index is 11.3. The molecule has 0 bridgehead atoms. The summed E-state index contributed by atoms with van der Waals surface area (Å²) in [5.41, 5.74) is 1.39. The number of Topliss-reactive ketones (excluding diaryl/α,β-unsaturated/α-hetero) is 1. The molecule has 0 radical (unpaired) electrons. The summed E-state index contributed by atoms with van der Waals surface area (Å²) in [6, 6.07) is 3.13. The lowest BCUT2D eigenvalue weighted by Gasteiger charge is -2.06. The highest BCUT2D eigenvalue weighted by Crippen LogP contribution is 2.29. The molecule has 0 aliphatic heterocycles. The zero-order chi connectivity index (χ0) is 10.0. The van der Waals surface area contributed by atoms with Gasteiger partial charge in [-0.25, -0.2) is 0 Å². The number of carbonyl (C=O) groups excluding carboxylic acids is 1. The van der Waals surface area contributed by atoms with Crippen LogP contribution >= 0.6 is 31.9 Å². The van der Waals surface area contributed by atoms with Gasteiger partial charge in [0.25, 0.3) is 0 Å². The van der Waals surface area contributed by atoms with Crippen molar-refractivity contribution in [1.82, 2.24) is 0 Å². The fourth-order valence-electron chi connectivity index (χ4n) is 1.04. The fraction of sp³-hybridized carbons (Fsp3) is 0.222. The third kappa shape index (κ3) is 2.11. The summed E-state index contributed by atoms with van der Waals surface area (Å²) in [7, 11) is 0. The van der Waals surface area contributed by atoms with Gasteiger partial charge in [0.15, 0.2) is 5.78 Å². The first-order valence-corrected chi connectivity index (χ1v) is 5.56. The van der Waals surface area contributed by atoms with E-state index in [0.29, 0.717) is 15.4 Å². The average Bonchev–Trinajstić information content (AvgIpc) is 2.13.